The first-order valence-electron chi connectivity index (χ1n) is 5.00. The van der Waals surface area contributed by atoms with E-state index in [2.05, 4.69) is 9.97 Å². The number of rotatable bonds is 3. The van der Waals surface area contributed by atoms with Gasteiger partial charge in [-0.25, -0.2) is 9.97 Å². The number of halogens is 1. The standard InChI is InChI=1S/C12H11ClN2OS/c1-8-7-11(15-12(13)14-8)17-10-5-3-9(16-2)4-6-10/h3-7H,1-2H3. The van der Waals surface area contributed by atoms with Crippen LogP contribution in [0.25, 0.3) is 0 Å². The predicted molar refractivity (Wildman–Crippen MR) is 68.9 cm³/mol. The van der Waals surface area contributed by atoms with Crippen molar-refractivity contribution < 1.29 is 4.74 Å². The van der Waals surface area contributed by atoms with Crippen molar-refractivity contribution in [3.63, 3.8) is 0 Å². The maximum absolute atomic E-state index is 5.81. The number of methoxy groups -OCH3 is 1. The predicted octanol–water partition coefficient (Wildman–Crippen LogP) is 3.60. The summed E-state index contributed by atoms with van der Waals surface area (Å²) in [5.41, 5.74) is 0.862. The minimum atomic E-state index is 0.279. The molecule has 0 spiro atoms. The molecule has 0 N–H and O–H groups in total. The average molecular weight is 267 g/mol. The molecular formula is C12H11ClN2OS. The maximum Gasteiger partial charge on any atom is 0.223 e. The number of benzene rings is 1. The van der Waals surface area contributed by atoms with Crippen LogP contribution in [0.3, 0.4) is 0 Å². The monoisotopic (exact) mass is 266 g/mol. The molecule has 5 heteroatoms. The zero-order valence-electron chi connectivity index (χ0n) is 9.48. The van der Waals surface area contributed by atoms with E-state index in [9.17, 15) is 0 Å². The number of nitrogens with zero attached hydrogens (tertiary/aromatic N) is 2. The summed E-state index contributed by atoms with van der Waals surface area (Å²) in [6, 6.07) is 9.69. The smallest absolute Gasteiger partial charge is 0.223 e. The average Bonchev–Trinajstić information content (AvgIpc) is 2.28. The fraction of sp³-hybridized carbons (Fsp3) is 0.167. The highest BCUT2D eigenvalue weighted by atomic mass is 35.5. The lowest BCUT2D eigenvalue weighted by Gasteiger charge is -2.03. The largest absolute Gasteiger partial charge is 0.497 e. The van der Waals surface area contributed by atoms with Crippen LogP contribution in [0.1, 0.15) is 5.69 Å². The first-order chi connectivity index (χ1) is 8.17. The summed E-state index contributed by atoms with van der Waals surface area (Å²) in [6.07, 6.45) is 0. The van der Waals surface area contributed by atoms with Gasteiger partial charge in [0.25, 0.3) is 0 Å². The minimum Gasteiger partial charge on any atom is -0.497 e. The molecule has 0 atom stereocenters. The highest BCUT2D eigenvalue weighted by molar-refractivity contribution is 7.99. The lowest BCUT2D eigenvalue weighted by Crippen LogP contribution is -1.88. The molecule has 0 radical (unpaired) electrons. The van der Waals surface area contributed by atoms with Gasteiger partial charge in [-0.2, -0.15) is 0 Å². The molecule has 0 saturated carbocycles. The van der Waals surface area contributed by atoms with Crippen LogP contribution in [0.15, 0.2) is 40.3 Å². The molecule has 0 saturated heterocycles. The maximum atomic E-state index is 5.81. The van der Waals surface area contributed by atoms with Gasteiger partial charge >= 0.3 is 0 Å². The van der Waals surface area contributed by atoms with Crippen LogP contribution in [0.5, 0.6) is 5.75 Å². The topological polar surface area (TPSA) is 35.0 Å². The first-order valence-corrected chi connectivity index (χ1v) is 6.20. The van der Waals surface area contributed by atoms with Gasteiger partial charge in [-0.3, -0.25) is 0 Å². The third-order valence-electron chi connectivity index (χ3n) is 2.09. The van der Waals surface area contributed by atoms with Crippen LogP contribution in [-0.2, 0) is 0 Å². The SMILES string of the molecule is COc1ccc(Sc2cc(C)nc(Cl)n2)cc1. The van der Waals surface area contributed by atoms with Crippen LogP contribution < -0.4 is 4.74 Å². The van der Waals surface area contributed by atoms with E-state index in [1.54, 1.807) is 18.9 Å². The summed E-state index contributed by atoms with van der Waals surface area (Å²) in [6.45, 7) is 1.89. The molecule has 0 fully saturated rings. The van der Waals surface area contributed by atoms with Crippen molar-refractivity contribution in [2.45, 2.75) is 16.8 Å². The quantitative estimate of drug-likeness (QED) is 0.628. The highest BCUT2D eigenvalue weighted by Gasteiger charge is 2.03. The third-order valence-corrected chi connectivity index (χ3v) is 3.18. The first kappa shape index (κ1) is 12.2. The molecule has 1 aromatic carbocycles. The second-order valence-corrected chi connectivity index (χ2v) is 4.83. The number of ether oxygens (including phenoxy) is 1. The van der Waals surface area contributed by atoms with Crippen molar-refractivity contribution in [1.82, 2.24) is 9.97 Å². The van der Waals surface area contributed by atoms with E-state index < -0.39 is 0 Å². The Morgan fingerprint density at radius 2 is 1.88 bits per heavy atom. The zero-order valence-corrected chi connectivity index (χ0v) is 11.0. The van der Waals surface area contributed by atoms with E-state index in [0.717, 1.165) is 21.4 Å². The molecule has 0 amide bonds. The van der Waals surface area contributed by atoms with Gasteiger partial charge < -0.3 is 4.74 Å². The van der Waals surface area contributed by atoms with Crippen molar-refractivity contribution >= 4 is 23.4 Å². The molecule has 0 unspecified atom stereocenters. The van der Waals surface area contributed by atoms with Gasteiger partial charge in [0.05, 0.1) is 7.11 Å². The van der Waals surface area contributed by atoms with Gasteiger partial charge in [-0.15, -0.1) is 0 Å². The van der Waals surface area contributed by atoms with E-state index in [1.807, 2.05) is 37.3 Å². The summed E-state index contributed by atoms with van der Waals surface area (Å²) in [5.74, 6) is 0.839. The third kappa shape index (κ3) is 3.35. The molecule has 88 valence electrons. The lowest BCUT2D eigenvalue weighted by molar-refractivity contribution is 0.414. The molecule has 1 aromatic heterocycles. The van der Waals surface area contributed by atoms with Gasteiger partial charge in [0.15, 0.2) is 0 Å². The number of hydrogen-bond acceptors (Lipinski definition) is 4. The van der Waals surface area contributed by atoms with Gasteiger partial charge in [0.1, 0.15) is 10.8 Å². The van der Waals surface area contributed by atoms with Crippen molar-refractivity contribution in [2.75, 3.05) is 7.11 Å². The fourth-order valence-electron chi connectivity index (χ4n) is 1.32. The number of aryl methyl sites for hydroxylation is 1. The number of aromatic nitrogens is 2. The Morgan fingerprint density at radius 1 is 1.18 bits per heavy atom. The Bertz CT molecular complexity index is 496. The van der Waals surface area contributed by atoms with E-state index in [4.69, 9.17) is 16.3 Å². The molecule has 0 aliphatic heterocycles. The van der Waals surface area contributed by atoms with E-state index in [0.29, 0.717) is 0 Å². The van der Waals surface area contributed by atoms with Crippen molar-refractivity contribution in [1.29, 1.82) is 0 Å². The van der Waals surface area contributed by atoms with Gasteiger partial charge in [0, 0.05) is 10.6 Å². The summed E-state index contributed by atoms with van der Waals surface area (Å²) in [4.78, 5) is 9.27. The Hall–Kier alpha value is -1.26. The van der Waals surface area contributed by atoms with Gasteiger partial charge in [-0.1, -0.05) is 11.8 Å². The number of hydrogen-bond donors (Lipinski definition) is 0. The molecule has 0 aliphatic carbocycles. The van der Waals surface area contributed by atoms with Crippen LogP contribution >= 0.6 is 23.4 Å². The van der Waals surface area contributed by atoms with E-state index in [-0.39, 0.29) is 5.28 Å². The Labute approximate surface area is 109 Å². The van der Waals surface area contributed by atoms with Crippen molar-refractivity contribution in [3.8, 4) is 5.75 Å². The van der Waals surface area contributed by atoms with Gasteiger partial charge in [0.2, 0.25) is 5.28 Å². The minimum absolute atomic E-state index is 0.279. The van der Waals surface area contributed by atoms with Crippen LogP contribution in [0.2, 0.25) is 5.28 Å². The molecular weight excluding hydrogens is 256 g/mol. The van der Waals surface area contributed by atoms with E-state index >= 15 is 0 Å². The summed E-state index contributed by atoms with van der Waals surface area (Å²) >= 11 is 7.35. The van der Waals surface area contributed by atoms with Crippen LogP contribution in [0.4, 0.5) is 0 Å². The van der Waals surface area contributed by atoms with Crippen molar-refractivity contribution in [2.24, 2.45) is 0 Å². The van der Waals surface area contributed by atoms with Crippen molar-refractivity contribution in [3.05, 3.63) is 41.3 Å². The molecule has 17 heavy (non-hydrogen) atoms. The zero-order chi connectivity index (χ0) is 12.3. The summed E-state index contributed by atoms with van der Waals surface area (Å²) < 4.78 is 5.10. The summed E-state index contributed by atoms with van der Waals surface area (Å²) in [5, 5.41) is 1.12. The molecule has 0 bridgehead atoms. The normalized spacial score (nSPS) is 10.3. The highest BCUT2D eigenvalue weighted by Crippen LogP contribution is 2.28. The Balaban J connectivity index is 2.19. The Kier molecular flexibility index (Phi) is 3.86. The molecule has 1 heterocycles. The van der Waals surface area contributed by atoms with Gasteiger partial charge in [-0.05, 0) is 48.9 Å². The molecule has 3 nitrogen and oxygen atoms in total. The molecule has 2 rings (SSSR count). The molecule has 0 aliphatic rings. The van der Waals surface area contributed by atoms with Crippen LogP contribution in [-0.4, -0.2) is 17.1 Å². The second-order valence-electron chi connectivity index (χ2n) is 3.39. The lowest BCUT2D eigenvalue weighted by atomic mass is 10.3. The fourth-order valence-corrected chi connectivity index (χ4v) is 2.47. The second kappa shape index (κ2) is 5.38. The van der Waals surface area contributed by atoms with Crippen LogP contribution in [0, 0.1) is 6.92 Å². The Morgan fingerprint density at radius 3 is 2.47 bits per heavy atom. The van der Waals surface area contributed by atoms with E-state index in [1.165, 1.54) is 0 Å². The molecule has 2 aromatic rings. The summed E-state index contributed by atoms with van der Waals surface area (Å²) in [7, 11) is 1.65.